The number of hydrogen-bond donors (Lipinski definition) is 2. The van der Waals surface area contributed by atoms with Crippen molar-refractivity contribution in [2.75, 3.05) is 20.3 Å². The lowest BCUT2D eigenvalue weighted by Gasteiger charge is -2.11. The smallest absolute Gasteiger partial charge is 0.276 e. The number of nitrogens with one attached hydrogen (secondary N) is 2. The summed E-state index contributed by atoms with van der Waals surface area (Å²) in [5.41, 5.74) is 5.78. The molecule has 28 heavy (non-hydrogen) atoms. The van der Waals surface area contributed by atoms with Crippen LogP contribution < -0.4 is 25.1 Å². The summed E-state index contributed by atoms with van der Waals surface area (Å²) in [6.07, 6.45) is 1.06. The summed E-state index contributed by atoms with van der Waals surface area (Å²) in [7, 11) is 1.57. The molecule has 2 N–H and O–H groups in total. The minimum Gasteiger partial charge on any atom is -0.497 e. The van der Waals surface area contributed by atoms with E-state index in [9.17, 15) is 9.59 Å². The van der Waals surface area contributed by atoms with E-state index >= 15 is 0 Å². The van der Waals surface area contributed by atoms with Crippen LogP contribution in [0.4, 0.5) is 0 Å². The van der Waals surface area contributed by atoms with Crippen molar-refractivity contribution >= 4 is 11.8 Å². The van der Waals surface area contributed by atoms with Gasteiger partial charge in [-0.1, -0.05) is 26.0 Å². The Labute approximate surface area is 165 Å². The molecule has 0 aromatic heterocycles. The Bertz CT molecular complexity index is 759. The predicted octanol–water partition coefficient (Wildman–Crippen LogP) is 2.81. The molecule has 0 bridgehead atoms. The van der Waals surface area contributed by atoms with Gasteiger partial charge in [-0.3, -0.25) is 20.4 Å². The zero-order valence-corrected chi connectivity index (χ0v) is 16.4. The van der Waals surface area contributed by atoms with Crippen molar-refractivity contribution in [3.8, 4) is 17.2 Å². The molecule has 1 unspecified atom stereocenters. The molecular weight excluding hydrogens is 360 g/mol. The standard InChI is InChI=1S/C21H26N2O5/c1-4-15(2)16-5-7-18(8-6-16)27-13-20(24)22-23-21(25)14-28-19-11-9-17(26-3)10-12-19/h5-12,15H,4,13-14H2,1-3H3,(H,22,24)(H,23,25). The van der Waals surface area contributed by atoms with Crippen LogP contribution in [0.5, 0.6) is 17.2 Å². The third-order valence-corrected chi connectivity index (χ3v) is 4.20. The van der Waals surface area contributed by atoms with Crippen molar-refractivity contribution in [3.63, 3.8) is 0 Å². The molecule has 0 aliphatic heterocycles. The fourth-order valence-corrected chi connectivity index (χ4v) is 2.31. The summed E-state index contributed by atoms with van der Waals surface area (Å²) in [4.78, 5) is 23.5. The quantitative estimate of drug-likeness (QED) is 0.647. The molecule has 1 atom stereocenters. The minimum atomic E-state index is -0.484. The van der Waals surface area contributed by atoms with Gasteiger partial charge in [-0.15, -0.1) is 0 Å². The normalized spacial score (nSPS) is 11.2. The molecule has 150 valence electrons. The molecule has 2 rings (SSSR count). The summed E-state index contributed by atoms with van der Waals surface area (Å²) < 4.78 is 15.8. The van der Waals surface area contributed by atoms with Crippen molar-refractivity contribution in [2.24, 2.45) is 0 Å². The van der Waals surface area contributed by atoms with Crippen molar-refractivity contribution in [3.05, 3.63) is 54.1 Å². The molecule has 0 radical (unpaired) electrons. The van der Waals surface area contributed by atoms with E-state index in [0.717, 1.165) is 6.42 Å². The monoisotopic (exact) mass is 386 g/mol. The summed E-state index contributed by atoms with van der Waals surface area (Å²) in [6, 6.07) is 14.4. The maximum atomic E-state index is 11.8. The Morgan fingerprint density at radius 3 is 1.68 bits per heavy atom. The first-order chi connectivity index (χ1) is 13.5. The van der Waals surface area contributed by atoms with E-state index in [-0.39, 0.29) is 13.2 Å². The van der Waals surface area contributed by atoms with E-state index in [1.165, 1.54) is 5.56 Å². The average Bonchev–Trinajstić information content (AvgIpc) is 2.74. The van der Waals surface area contributed by atoms with Crippen LogP contribution in [-0.4, -0.2) is 32.1 Å². The molecule has 0 aliphatic rings. The number of hydrazine groups is 1. The molecule has 0 spiro atoms. The molecule has 0 fully saturated rings. The fourth-order valence-electron chi connectivity index (χ4n) is 2.31. The van der Waals surface area contributed by atoms with Gasteiger partial charge in [0, 0.05) is 0 Å². The number of ether oxygens (including phenoxy) is 3. The van der Waals surface area contributed by atoms with Crippen LogP contribution >= 0.6 is 0 Å². The molecule has 0 heterocycles. The lowest BCUT2D eigenvalue weighted by Crippen LogP contribution is -2.45. The van der Waals surface area contributed by atoms with E-state index in [4.69, 9.17) is 14.2 Å². The summed E-state index contributed by atoms with van der Waals surface area (Å²) >= 11 is 0. The van der Waals surface area contributed by atoms with Crippen molar-refractivity contribution in [1.82, 2.24) is 10.9 Å². The first kappa shape index (κ1) is 21.1. The highest BCUT2D eigenvalue weighted by molar-refractivity contribution is 5.83. The number of methoxy groups -OCH3 is 1. The lowest BCUT2D eigenvalue weighted by molar-refractivity contribution is -0.131. The number of rotatable bonds is 9. The summed E-state index contributed by atoms with van der Waals surface area (Å²) in [6.45, 7) is 3.85. The van der Waals surface area contributed by atoms with Gasteiger partial charge in [0.25, 0.3) is 11.8 Å². The largest absolute Gasteiger partial charge is 0.497 e. The second-order valence-electron chi connectivity index (χ2n) is 6.23. The molecule has 2 aromatic rings. The third-order valence-electron chi connectivity index (χ3n) is 4.20. The van der Waals surface area contributed by atoms with Crippen molar-refractivity contribution in [1.29, 1.82) is 0 Å². The van der Waals surface area contributed by atoms with E-state index in [2.05, 4.69) is 24.7 Å². The Kier molecular flexibility index (Phi) is 8.14. The average molecular weight is 386 g/mol. The zero-order valence-electron chi connectivity index (χ0n) is 16.4. The first-order valence-corrected chi connectivity index (χ1v) is 9.09. The maximum absolute atomic E-state index is 11.8. The Morgan fingerprint density at radius 2 is 1.25 bits per heavy atom. The van der Waals surface area contributed by atoms with Crippen LogP contribution in [0, 0.1) is 0 Å². The Morgan fingerprint density at radius 1 is 0.821 bits per heavy atom. The highest BCUT2D eigenvalue weighted by Crippen LogP contribution is 2.21. The summed E-state index contributed by atoms with van der Waals surface area (Å²) in [5.74, 6) is 1.33. The number of amides is 2. The molecule has 2 aromatic carbocycles. The van der Waals surface area contributed by atoms with Crippen LogP contribution in [0.3, 0.4) is 0 Å². The second-order valence-corrected chi connectivity index (χ2v) is 6.23. The van der Waals surface area contributed by atoms with E-state index in [0.29, 0.717) is 23.2 Å². The van der Waals surface area contributed by atoms with Crippen LogP contribution in [0.25, 0.3) is 0 Å². The van der Waals surface area contributed by atoms with E-state index in [1.54, 1.807) is 31.4 Å². The molecule has 2 amide bonds. The molecule has 0 saturated heterocycles. The van der Waals surface area contributed by atoms with Crippen molar-refractivity contribution < 1.29 is 23.8 Å². The van der Waals surface area contributed by atoms with Crippen LogP contribution in [-0.2, 0) is 9.59 Å². The van der Waals surface area contributed by atoms with E-state index < -0.39 is 11.8 Å². The topological polar surface area (TPSA) is 85.9 Å². The second kappa shape index (κ2) is 10.8. The van der Waals surface area contributed by atoms with Gasteiger partial charge < -0.3 is 14.2 Å². The Balaban J connectivity index is 1.66. The Hall–Kier alpha value is -3.22. The van der Waals surface area contributed by atoms with Gasteiger partial charge in [-0.05, 0) is 54.3 Å². The van der Waals surface area contributed by atoms with Gasteiger partial charge in [0.2, 0.25) is 0 Å². The van der Waals surface area contributed by atoms with Gasteiger partial charge >= 0.3 is 0 Å². The number of carbonyl (C=O) groups excluding carboxylic acids is 2. The number of carbonyl (C=O) groups is 2. The molecule has 0 saturated carbocycles. The maximum Gasteiger partial charge on any atom is 0.276 e. The molecular formula is C21H26N2O5. The highest BCUT2D eigenvalue weighted by Gasteiger charge is 2.08. The van der Waals surface area contributed by atoms with Gasteiger partial charge in [0.15, 0.2) is 13.2 Å². The molecule has 7 heteroatoms. The van der Waals surface area contributed by atoms with Gasteiger partial charge in [-0.2, -0.15) is 0 Å². The SMILES string of the molecule is CCC(C)c1ccc(OCC(=O)NNC(=O)COc2ccc(OC)cc2)cc1. The van der Waals surface area contributed by atoms with Crippen LogP contribution in [0.1, 0.15) is 31.7 Å². The van der Waals surface area contributed by atoms with Crippen LogP contribution in [0.2, 0.25) is 0 Å². The molecule has 0 aliphatic carbocycles. The van der Waals surface area contributed by atoms with Gasteiger partial charge in [0.1, 0.15) is 17.2 Å². The summed E-state index contributed by atoms with van der Waals surface area (Å²) in [5, 5.41) is 0. The van der Waals surface area contributed by atoms with E-state index in [1.807, 2.05) is 24.3 Å². The lowest BCUT2D eigenvalue weighted by atomic mass is 9.99. The van der Waals surface area contributed by atoms with Gasteiger partial charge in [0.05, 0.1) is 7.11 Å². The minimum absolute atomic E-state index is 0.206. The highest BCUT2D eigenvalue weighted by atomic mass is 16.5. The molecule has 7 nitrogen and oxygen atoms in total. The number of hydrogen-bond acceptors (Lipinski definition) is 5. The fraction of sp³-hybridized carbons (Fsp3) is 0.333. The first-order valence-electron chi connectivity index (χ1n) is 9.09. The van der Waals surface area contributed by atoms with Gasteiger partial charge in [-0.25, -0.2) is 0 Å². The zero-order chi connectivity index (χ0) is 20.4. The van der Waals surface area contributed by atoms with Crippen LogP contribution in [0.15, 0.2) is 48.5 Å². The number of benzene rings is 2. The third kappa shape index (κ3) is 6.83. The predicted molar refractivity (Wildman–Crippen MR) is 105 cm³/mol. The van der Waals surface area contributed by atoms with Crippen molar-refractivity contribution in [2.45, 2.75) is 26.2 Å².